The van der Waals surface area contributed by atoms with Gasteiger partial charge in [0.2, 0.25) is 10.0 Å². The van der Waals surface area contributed by atoms with Crippen molar-refractivity contribution in [1.29, 1.82) is 0 Å². The number of anilines is 1. The predicted molar refractivity (Wildman–Crippen MR) is 87.8 cm³/mol. The maximum atomic E-state index is 12.5. The van der Waals surface area contributed by atoms with Crippen LogP contribution in [0.3, 0.4) is 0 Å². The minimum atomic E-state index is -3.52. The normalized spacial score (nSPS) is 15.9. The molecular weight excluding hydrogens is 330 g/mol. The van der Waals surface area contributed by atoms with Crippen LogP contribution in [0.2, 0.25) is 0 Å². The third-order valence-corrected chi connectivity index (χ3v) is 5.62. The highest BCUT2D eigenvalue weighted by atomic mass is 32.2. The first-order chi connectivity index (χ1) is 11.6. The summed E-state index contributed by atoms with van der Waals surface area (Å²) in [6.45, 7) is 1.15. The summed E-state index contributed by atoms with van der Waals surface area (Å²) in [6.07, 6.45) is 4.46. The lowest BCUT2D eigenvalue weighted by Crippen LogP contribution is -2.51. The first kappa shape index (κ1) is 16.3. The van der Waals surface area contributed by atoms with Gasteiger partial charge >= 0.3 is 6.03 Å². The van der Waals surface area contributed by atoms with Gasteiger partial charge in [0.25, 0.3) is 0 Å². The van der Waals surface area contributed by atoms with Crippen LogP contribution in [-0.4, -0.2) is 59.8 Å². The molecule has 1 aromatic carbocycles. The summed E-state index contributed by atoms with van der Waals surface area (Å²) < 4.78 is 26.5. The minimum absolute atomic E-state index is 0.255. The Morgan fingerprint density at radius 3 is 2.38 bits per heavy atom. The molecule has 1 aliphatic rings. The van der Waals surface area contributed by atoms with E-state index >= 15 is 0 Å². The fourth-order valence-corrected chi connectivity index (χ4v) is 3.87. The van der Waals surface area contributed by atoms with Crippen molar-refractivity contribution >= 4 is 21.9 Å². The van der Waals surface area contributed by atoms with E-state index in [-0.39, 0.29) is 24.0 Å². The average molecular weight is 347 g/mol. The maximum absolute atomic E-state index is 12.5. The molecule has 0 aliphatic carbocycles. The van der Waals surface area contributed by atoms with Crippen LogP contribution in [0.1, 0.15) is 0 Å². The molecule has 0 bridgehead atoms. The summed E-state index contributed by atoms with van der Waals surface area (Å²) in [7, 11) is -3.52. The second-order valence-electron chi connectivity index (χ2n) is 5.22. The Labute approximate surface area is 140 Å². The summed E-state index contributed by atoms with van der Waals surface area (Å²) in [5, 5.41) is 2.64. The Kier molecular flexibility index (Phi) is 4.72. The number of amides is 2. The number of piperazine rings is 1. The van der Waals surface area contributed by atoms with Crippen molar-refractivity contribution in [3.63, 3.8) is 0 Å². The second-order valence-corrected chi connectivity index (χ2v) is 7.16. The lowest BCUT2D eigenvalue weighted by molar-refractivity contribution is 0.184. The summed E-state index contributed by atoms with van der Waals surface area (Å²) in [4.78, 5) is 21.9. The molecule has 2 heterocycles. The van der Waals surface area contributed by atoms with Crippen LogP contribution in [0.25, 0.3) is 0 Å². The van der Waals surface area contributed by atoms with E-state index in [4.69, 9.17) is 0 Å². The SMILES string of the molecule is O=C(Nc1cnccn1)N1CCN(S(=O)(=O)c2ccccc2)CC1. The van der Waals surface area contributed by atoms with Gasteiger partial charge in [-0.2, -0.15) is 4.31 Å². The number of rotatable bonds is 3. The molecule has 0 unspecified atom stereocenters. The number of benzene rings is 1. The molecule has 126 valence electrons. The smallest absolute Gasteiger partial charge is 0.322 e. The molecule has 3 rings (SSSR count). The molecule has 0 radical (unpaired) electrons. The molecule has 1 saturated heterocycles. The van der Waals surface area contributed by atoms with Gasteiger partial charge in [-0.25, -0.2) is 18.2 Å². The number of hydrogen-bond donors (Lipinski definition) is 1. The van der Waals surface area contributed by atoms with E-state index in [2.05, 4.69) is 15.3 Å². The number of aromatic nitrogens is 2. The zero-order valence-corrected chi connectivity index (χ0v) is 13.7. The third-order valence-electron chi connectivity index (χ3n) is 3.71. The van der Waals surface area contributed by atoms with Crippen molar-refractivity contribution in [2.24, 2.45) is 0 Å². The van der Waals surface area contributed by atoms with Crippen molar-refractivity contribution in [2.45, 2.75) is 4.90 Å². The molecule has 1 fully saturated rings. The standard InChI is InChI=1S/C15H17N5O3S/c21-15(18-14-12-16-6-7-17-14)19-8-10-20(11-9-19)24(22,23)13-4-2-1-3-5-13/h1-7,12H,8-11H2,(H,17,18,21). The van der Waals surface area contributed by atoms with Crippen molar-refractivity contribution < 1.29 is 13.2 Å². The van der Waals surface area contributed by atoms with Crippen LogP contribution in [0.4, 0.5) is 10.6 Å². The summed E-state index contributed by atoms with van der Waals surface area (Å²) >= 11 is 0. The Morgan fingerprint density at radius 1 is 1.04 bits per heavy atom. The number of urea groups is 1. The maximum Gasteiger partial charge on any atom is 0.323 e. The molecule has 0 spiro atoms. The topological polar surface area (TPSA) is 95.5 Å². The highest BCUT2D eigenvalue weighted by Crippen LogP contribution is 2.17. The van der Waals surface area contributed by atoms with E-state index in [9.17, 15) is 13.2 Å². The van der Waals surface area contributed by atoms with Crippen molar-refractivity contribution in [1.82, 2.24) is 19.2 Å². The van der Waals surface area contributed by atoms with Crippen molar-refractivity contribution in [3.8, 4) is 0 Å². The van der Waals surface area contributed by atoms with Gasteiger partial charge < -0.3 is 4.90 Å². The van der Waals surface area contributed by atoms with Crippen molar-refractivity contribution in [2.75, 3.05) is 31.5 Å². The van der Waals surface area contributed by atoms with Gasteiger partial charge in [0, 0.05) is 38.6 Å². The molecular formula is C15H17N5O3S. The highest BCUT2D eigenvalue weighted by molar-refractivity contribution is 7.89. The fourth-order valence-electron chi connectivity index (χ4n) is 2.43. The molecule has 1 aliphatic heterocycles. The van der Waals surface area contributed by atoms with E-state index in [0.29, 0.717) is 18.9 Å². The number of carbonyl (C=O) groups is 1. The van der Waals surface area contributed by atoms with Gasteiger partial charge in [0.1, 0.15) is 0 Å². The minimum Gasteiger partial charge on any atom is -0.322 e. The first-order valence-electron chi connectivity index (χ1n) is 7.44. The van der Waals surface area contributed by atoms with Crippen LogP contribution < -0.4 is 5.32 Å². The fraction of sp³-hybridized carbons (Fsp3) is 0.267. The molecule has 0 saturated carbocycles. The van der Waals surface area contributed by atoms with Crippen LogP contribution >= 0.6 is 0 Å². The number of nitrogens with zero attached hydrogens (tertiary/aromatic N) is 4. The molecule has 24 heavy (non-hydrogen) atoms. The summed E-state index contributed by atoms with van der Waals surface area (Å²) in [6, 6.07) is 7.99. The van der Waals surface area contributed by atoms with Crippen LogP contribution in [0.5, 0.6) is 0 Å². The molecule has 8 nitrogen and oxygen atoms in total. The highest BCUT2D eigenvalue weighted by Gasteiger charge is 2.30. The molecule has 2 amide bonds. The zero-order chi connectivity index (χ0) is 17.0. The number of carbonyl (C=O) groups excluding carboxylic acids is 1. The molecule has 1 N–H and O–H groups in total. The Hall–Kier alpha value is -2.52. The number of hydrogen-bond acceptors (Lipinski definition) is 5. The van der Waals surface area contributed by atoms with Gasteiger partial charge in [-0.15, -0.1) is 0 Å². The molecule has 1 aromatic heterocycles. The largest absolute Gasteiger partial charge is 0.323 e. The average Bonchev–Trinajstić information content (AvgIpc) is 2.63. The zero-order valence-electron chi connectivity index (χ0n) is 12.9. The van der Waals surface area contributed by atoms with E-state index in [1.807, 2.05) is 0 Å². The first-order valence-corrected chi connectivity index (χ1v) is 8.88. The van der Waals surface area contributed by atoms with Gasteiger partial charge in [0.05, 0.1) is 11.1 Å². The van der Waals surface area contributed by atoms with Crippen LogP contribution in [0.15, 0.2) is 53.8 Å². The van der Waals surface area contributed by atoms with E-state index < -0.39 is 10.0 Å². The Morgan fingerprint density at radius 2 is 1.75 bits per heavy atom. The quantitative estimate of drug-likeness (QED) is 0.894. The molecule has 2 aromatic rings. The van der Waals surface area contributed by atoms with Gasteiger partial charge in [0.15, 0.2) is 5.82 Å². The number of sulfonamides is 1. The number of nitrogens with one attached hydrogen (secondary N) is 1. The van der Waals surface area contributed by atoms with E-state index in [1.165, 1.54) is 22.9 Å². The Bertz CT molecular complexity index is 790. The van der Waals surface area contributed by atoms with E-state index in [0.717, 1.165) is 0 Å². The van der Waals surface area contributed by atoms with Gasteiger partial charge in [-0.1, -0.05) is 18.2 Å². The lowest BCUT2D eigenvalue weighted by atomic mass is 10.4. The lowest BCUT2D eigenvalue weighted by Gasteiger charge is -2.33. The monoisotopic (exact) mass is 347 g/mol. The third kappa shape index (κ3) is 3.52. The van der Waals surface area contributed by atoms with Crippen LogP contribution in [-0.2, 0) is 10.0 Å². The van der Waals surface area contributed by atoms with Gasteiger partial charge in [-0.3, -0.25) is 10.3 Å². The summed E-state index contributed by atoms with van der Waals surface area (Å²) in [5.41, 5.74) is 0. The molecule has 0 atom stereocenters. The van der Waals surface area contributed by atoms with Crippen LogP contribution in [0, 0.1) is 0 Å². The van der Waals surface area contributed by atoms with Crippen molar-refractivity contribution in [3.05, 3.63) is 48.9 Å². The Balaban J connectivity index is 1.61. The second kappa shape index (κ2) is 6.93. The summed E-state index contributed by atoms with van der Waals surface area (Å²) in [5.74, 6) is 0.363. The predicted octanol–water partition coefficient (Wildman–Crippen LogP) is 1.01. The van der Waals surface area contributed by atoms with E-state index in [1.54, 1.807) is 35.2 Å². The van der Waals surface area contributed by atoms with Gasteiger partial charge in [-0.05, 0) is 12.1 Å². The molecule has 9 heteroatoms.